The average Bonchev–Trinajstić information content (AvgIpc) is 2.71. The molecule has 0 saturated carbocycles. The smallest absolute Gasteiger partial charge is 0.243 e. The molecule has 1 aliphatic heterocycles. The molecule has 1 aromatic carbocycles. The summed E-state index contributed by atoms with van der Waals surface area (Å²) in [5.74, 6) is -0.168. The zero-order valence-electron chi connectivity index (χ0n) is 18.7. The largest absolute Gasteiger partial charge is 0.352 e. The van der Waals surface area contributed by atoms with Crippen LogP contribution in [0.3, 0.4) is 0 Å². The summed E-state index contributed by atoms with van der Waals surface area (Å²) in [6.45, 7) is 10.8. The second-order valence-corrected chi connectivity index (χ2v) is 10.4. The van der Waals surface area contributed by atoms with Crippen molar-refractivity contribution < 1.29 is 18.0 Å². The molecule has 2 amide bonds. The first kappa shape index (κ1) is 24.3. The molecule has 2 rings (SSSR count). The van der Waals surface area contributed by atoms with E-state index < -0.39 is 10.0 Å². The third-order valence-electron chi connectivity index (χ3n) is 5.47. The Labute approximate surface area is 180 Å². The first-order valence-corrected chi connectivity index (χ1v) is 12.2. The van der Waals surface area contributed by atoms with Crippen LogP contribution in [-0.2, 0) is 19.6 Å². The van der Waals surface area contributed by atoms with Crippen molar-refractivity contribution in [1.82, 2.24) is 14.5 Å². The van der Waals surface area contributed by atoms with Gasteiger partial charge in [0.2, 0.25) is 21.8 Å². The van der Waals surface area contributed by atoms with Crippen molar-refractivity contribution in [1.29, 1.82) is 0 Å². The molecule has 0 radical (unpaired) electrons. The number of amides is 2. The minimum Gasteiger partial charge on any atom is -0.352 e. The van der Waals surface area contributed by atoms with E-state index in [-0.39, 0.29) is 35.2 Å². The van der Waals surface area contributed by atoms with Crippen LogP contribution in [0, 0.1) is 5.92 Å². The average molecular weight is 438 g/mol. The van der Waals surface area contributed by atoms with Gasteiger partial charge in [0.15, 0.2) is 0 Å². The maximum absolute atomic E-state index is 13.0. The monoisotopic (exact) mass is 437 g/mol. The predicted molar refractivity (Wildman–Crippen MR) is 118 cm³/mol. The van der Waals surface area contributed by atoms with E-state index in [4.69, 9.17) is 0 Å². The number of nitrogens with one attached hydrogen (secondary N) is 1. The summed E-state index contributed by atoms with van der Waals surface area (Å²) >= 11 is 0. The number of piperidine rings is 1. The summed E-state index contributed by atoms with van der Waals surface area (Å²) in [6.07, 6.45) is 0.925. The molecule has 1 heterocycles. The van der Waals surface area contributed by atoms with Gasteiger partial charge in [-0.1, -0.05) is 26.0 Å². The lowest BCUT2D eigenvalue weighted by atomic mass is 9.96. The van der Waals surface area contributed by atoms with Crippen LogP contribution in [0.25, 0.3) is 0 Å². The first-order valence-electron chi connectivity index (χ1n) is 10.7. The SMILES string of the molecule is CCN(CC(=O)NC(C)C)C(=O)C1CCN(S(=O)(=O)c2ccc(C(C)C)cc2)CC1. The first-order chi connectivity index (χ1) is 14.1. The van der Waals surface area contributed by atoms with E-state index in [1.807, 2.05) is 32.9 Å². The zero-order chi connectivity index (χ0) is 22.5. The molecule has 30 heavy (non-hydrogen) atoms. The number of rotatable bonds is 8. The lowest BCUT2D eigenvalue weighted by molar-refractivity contribution is -0.140. The molecule has 0 atom stereocenters. The van der Waals surface area contributed by atoms with Crippen molar-refractivity contribution in [3.05, 3.63) is 29.8 Å². The Bertz CT molecular complexity index is 826. The highest BCUT2D eigenvalue weighted by Crippen LogP contribution is 2.26. The van der Waals surface area contributed by atoms with Gasteiger partial charge in [-0.3, -0.25) is 9.59 Å². The van der Waals surface area contributed by atoms with E-state index in [9.17, 15) is 18.0 Å². The fraction of sp³-hybridized carbons (Fsp3) is 0.636. The predicted octanol–water partition coefficient (Wildman–Crippen LogP) is 2.58. The molecular weight excluding hydrogens is 402 g/mol. The number of hydrogen-bond acceptors (Lipinski definition) is 4. The van der Waals surface area contributed by atoms with Gasteiger partial charge in [0.25, 0.3) is 0 Å². The fourth-order valence-electron chi connectivity index (χ4n) is 3.66. The molecule has 0 unspecified atom stereocenters. The van der Waals surface area contributed by atoms with Crippen molar-refractivity contribution >= 4 is 21.8 Å². The second kappa shape index (κ2) is 10.4. The number of nitrogens with zero attached hydrogens (tertiary/aromatic N) is 2. The van der Waals surface area contributed by atoms with E-state index in [0.29, 0.717) is 38.4 Å². The second-order valence-electron chi connectivity index (χ2n) is 8.48. The van der Waals surface area contributed by atoms with Gasteiger partial charge in [0.1, 0.15) is 0 Å². The van der Waals surface area contributed by atoms with Gasteiger partial charge in [-0.15, -0.1) is 0 Å². The number of benzene rings is 1. The standard InChI is InChI=1S/C22H35N3O4S/c1-6-24(15-21(26)23-17(4)5)22(27)19-11-13-25(14-12-19)30(28,29)20-9-7-18(8-10-20)16(2)3/h7-10,16-17,19H,6,11-15H2,1-5H3,(H,23,26). The summed E-state index contributed by atoms with van der Waals surface area (Å²) in [6, 6.07) is 7.06. The molecule has 168 valence electrons. The molecule has 7 nitrogen and oxygen atoms in total. The van der Waals surface area contributed by atoms with Gasteiger partial charge in [0, 0.05) is 31.6 Å². The Morgan fingerprint density at radius 3 is 2.13 bits per heavy atom. The van der Waals surface area contributed by atoms with E-state index >= 15 is 0 Å². The molecule has 0 bridgehead atoms. The molecule has 1 fully saturated rings. The van der Waals surface area contributed by atoms with Crippen LogP contribution in [-0.4, -0.2) is 61.7 Å². The molecule has 8 heteroatoms. The van der Waals surface area contributed by atoms with E-state index in [2.05, 4.69) is 19.2 Å². The normalized spacial score (nSPS) is 16.1. The van der Waals surface area contributed by atoms with E-state index in [1.165, 1.54) is 4.31 Å². The molecule has 0 aromatic heterocycles. The lowest BCUT2D eigenvalue weighted by Crippen LogP contribution is -2.47. The Morgan fingerprint density at radius 1 is 1.10 bits per heavy atom. The van der Waals surface area contributed by atoms with Crippen LogP contribution in [0.15, 0.2) is 29.2 Å². The van der Waals surface area contributed by atoms with Crippen molar-refractivity contribution in [2.24, 2.45) is 5.92 Å². The van der Waals surface area contributed by atoms with Crippen molar-refractivity contribution in [2.45, 2.75) is 64.3 Å². The van der Waals surface area contributed by atoms with Gasteiger partial charge in [-0.25, -0.2) is 8.42 Å². The highest BCUT2D eigenvalue weighted by molar-refractivity contribution is 7.89. The number of sulfonamides is 1. The van der Waals surface area contributed by atoms with Crippen LogP contribution >= 0.6 is 0 Å². The summed E-state index contributed by atoms with van der Waals surface area (Å²) < 4.78 is 27.4. The van der Waals surface area contributed by atoms with Crippen LogP contribution in [0.4, 0.5) is 0 Å². The van der Waals surface area contributed by atoms with Crippen LogP contribution in [0.1, 0.15) is 58.9 Å². The highest BCUT2D eigenvalue weighted by Gasteiger charge is 2.34. The Hall–Kier alpha value is -1.93. The summed E-state index contributed by atoms with van der Waals surface area (Å²) in [7, 11) is -3.57. The Balaban J connectivity index is 1.98. The van der Waals surface area contributed by atoms with E-state index in [1.54, 1.807) is 17.0 Å². The van der Waals surface area contributed by atoms with Crippen LogP contribution in [0.5, 0.6) is 0 Å². The quantitative estimate of drug-likeness (QED) is 0.677. The van der Waals surface area contributed by atoms with Crippen molar-refractivity contribution in [3.63, 3.8) is 0 Å². The van der Waals surface area contributed by atoms with Gasteiger partial charge in [-0.05, 0) is 57.2 Å². The number of likely N-dealkylation sites (N-methyl/N-ethyl adjacent to an activating group) is 1. The van der Waals surface area contributed by atoms with Gasteiger partial charge in [-0.2, -0.15) is 4.31 Å². The molecule has 1 N–H and O–H groups in total. The van der Waals surface area contributed by atoms with Crippen LogP contribution in [0.2, 0.25) is 0 Å². The third-order valence-corrected chi connectivity index (χ3v) is 7.38. The minimum atomic E-state index is -3.57. The van der Waals surface area contributed by atoms with Gasteiger partial charge < -0.3 is 10.2 Å². The fourth-order valence-corrected chi connectivity index (χ4v) is 5.13. The molecule has 1 aliphatic rings. The topological polar surface area (TPSA) is 86.8 Å². The lowest BCUT2D eigenvalue weighted by Gasteiger charge is -2.33. The molecule has 0 aliphatic carbocycles. The maximum atomic E-state index is 13.0. The Kier molecular flexibility index (Phi) is 8.43. The number of carbonyl (C=O) groups excluding carboxylic acids is 2. The van der Waals surface area contributed by atoms with E-state index in [0.717, 1.165) is 5.56 Å². The summed E-state index contributed by atoms with van der Waals surface area (Å²) in [5, 5.41) is 2.80. The number of carbonyl (C=O) groups is 2. The molecule has 1 saturated heterocycles. The maximum Gasteiger partial charge on any atom is 0.243 e. The zero-order valence-corrected chi connectivity index (χ0v) is 19.5. The summed E-state index contributed by atoms with van der Waals surface area (Å²) in [4.78, 5) is 26.7. The van der Waals surface area contributed by atoms with Crippen molar-refractivity contribution in [3.8, 4) is 0 Å². The van der Waals surface area contributed by atoms with Gasteiger partial charge in [0.05, 0.1) is 11.4 Å². The number of hydrogen-bond donors (Lipinski definition) is 1. The molecule has 0 spiro atoms. The minimum absolute atomic E-state index is 0.0226. The molecular formula is C22H35N3O4S. The van der Waals surface area contributed by atoms with Gasteiger partial charge >= 0.3 is 0 Å². The van der Waals surface area contributed by atoms with Crippen molar-refractivity contribution in [2.75, 3.05) is 26.2 Å². The highest BCUT2D eigenvalue weighted by atomic mass is 32.2. The van der Waals surface area contributed by atoms with Crippen LogP contribution < -0.4 is 5.32 Å². The Morgan fingerprint density at radius 2 is 1.67 bits per heavy atom. The third kappa shape index (κ3) is 6.04. The molecule has 1 aromatic rings. The summed E-state index contributed by atoms with van der Waals surface area (Å²) in [5.41, 5.74) is 1.10.